The van der Waals surface area contributed by atoms with E-state index >= 15 is 0 Å². The van der Waals surface area contributed by atoms with Crippen LogP contribution < -0.4 is 14.8 Å². The number of hydrogen-bond donors (Lipinski definition) is 1. The zero-order valence-electron chi connectivity index (χ0n) is 12.6. The summed E-state index contributed by atoms with van der Waals surface area (Å²) < 4.78 is 11.1. The van der Waals surface area contributed by atoms with Gasteiger partial charge < -0.3 is 14.8 Å². The van der Waals surface area contributed by atoms with Crippen molar-refractivity contribution in [2.24, 2.45) is 10.9 Å². The van der Waals surface area contributed by atoms with E-state index in [1.54, 1.807) is 0 Å². The van der Waals surface area contributed by atoms with Crippen LogP contribution in [0.4, 0.5) is 0 Å². The molecule has 0 bridgehead atoms. The van der Waals surface area contributed by atoms with Gasteiger partial charge in [0.05, 0.1) is 0 Å². The van der Waals surface area contributed by atoms with Crippen molar-refractivity contribution in [2.75, 3.05) is 25.5 Å². The Hall–Kier alpha value is -1.36. The van der Waals surface area contributed by atoms with Crippen LogP contribution in [0.25, 0.3) is 0 Å². The van der Waals surface area contributed by atoms with E-state index in [1.165, 1.54) is 5.56 Å². The van der Waals surface area contributed by atoms with Gasteiger partial charge in [-0.3, -0.25) is 4.99 Å². The summed E-state index contributed by atoms with van der Waals surface area (Å²) in [5.41, 5.74) is 1.24. The third kappa shape index (κ3) is 3.64. The molecule has 0 amide bonds. The fourth-order valence-corrected chi connectivity index (χ4v) is 3.61. The largest absolute Gasteiger partial charge is 0.486 e. The maximum absolute atomic E-state index is 5.61. The van der Waals surface area contributed by atoms with Gasteiger partial charge in [0.15, 0.2) is 16.7 Å². The van der Waals surface area contributed by atoms with Gasteiger partial charge in [-0.2, -0.15) is 0 Å². The molecular weight excluding hydrogens is 284 g/mol. The van der Waals surface area contributed by atoms with Crippen molar-refractivity contribution < 1.29 is 9.47 Å². The number of nitrogens with zero attached hydrogens (tertiary/aromatic N) is 1. The van der Waals surface area contributed by atoms with Gasteiger partial charge >= 0.3 is 0 Å². The number of aliphatic imine (C=N–C) groups is 1. The molecule has 1 atom stereocenters. The zero-order valence-corrected chi connectivity index (χ0v) is 13.4. The highest BCUT2D eigenvalue weighted by Gasteiger charge is 2.22. The van der Waals surface area contributed by atoms with Crippen LogP contribution in [0.15, 0.2) is 23.2 Å². The second kappa shape index (κ2) is 6.60. The Morgan fingerprint density at radius 3 is 2.86 bits per heavy atom. The summed E-state index contributed by atoms with van der Waals surface area (Å²) in [6.07, 6.45) is 0.925. The fourth-order valence-electron chi connectivity index (χ4n) is 2.39. The molecule has 0 aromatic heterocycles. The Morgan fingerprint density at radius 2 is 2.10 bits per heavy atom. The van der Waals surface area contributed by atoms with Gasteiger partial charge in [-0.25, -0.2) is 0 Å². The Labute approximate surface area is 130 Å². The first-order chi connectivity index (χ1) is 10.2. The number of fused-ring (bicyclic) bond motifs is 1. The smallest absolute Gasteiger partial charge is 0.161 e. The highest BCUT2D eigenvalue weighted by atomic mass is 32.2. The second-order valence-corrected chi connectivity index (χ2v) is 6.73. The molecule has 0 aliphatic carbocycles. The summed E-state index contributed by atoms with van der Waals surface area (Å²) in [7, 11) is 0. The summed E-state index contributed by atoms with van der Waals surface area (Å²) >= 11 is 1.83. The molecule has 1 fully saturated rings. The molecule has 2 heterocycles. The number of nitrogens with one attached hydrogen (secondary N) is 1. The van der Waals surface area contributed by atoms with E-state index in [0.29, 0.717) is 25.2 Å². The maximum atomic E-state index is 5.61. The topological polar surface area (TPSA) is 42.9 Å². The van der Waals surface area contributed by atoms with Crippen LogP contribution in [-0.2, 0) is 6.42 Å². The summed E-state index contributed by atoms with van der Waals surface area (Å²) in [6, 6.07) is 6.72. The molecule has 2 aliphatic heterocycles. The highest BCUT2D eigenvalue weighted by molar-refractivity contribution is 8.14. The van der Waals surface area contributed by atoms with Crippen molar-refractivity contribution in [2.45, 2.75) is 26.3 Å². The van der Waals surface area contributed by atoms with E-state index in [0.717, 1.165) is 35.4 Å². The summed E-state index contributed by atoms with van der Waals surface area (Å²) in [5.74, 6) is 3.49. The SMILES string of the molecule is CC(C)C1CSC(=NCCc2ccc3c(c2)OCCO3)N1. The van der Waals surface area contributed by atoms with Gasteiger partial charge in [0.25, 0.3) is 0 Å². The number of thioether (sulfide) groups is 1. The second-order valence-electron chi connectivity index (χ2n) is 5.72. The monoisotopic (exact) mass is 306 g/mol. The van der Waals surface area contributed by atoms with Crippen molar-refractivity contribution in [3.63, 3.8) is 0 Å². The van der Waals surface area contributed by atoms with Crippen LogP contribution >= 0.6 is 11.8 Å². The Bertz CT molecular complexity index is 531. The van der Waals surface area contributed by atoms with Crippen molar-refractivity contribution in [3.05, 3.63) is 23.8 Å². The van der Waals surface area contributed by atoms with Gasteiger partial charge in [0, 0.05) is 18.3 Å². The maximum Gasteiger partial charge on any atom is 0.161 e. The van der Waals surface area contributed by atoms with Crippen LogP contribution in [-0.4, -0.2) is 36.7 Å². The molecule has 1 unspecified atom stereocenters. The number of benzene rings is 1. The van der Waals surface area contributed by atoms with Crippen molar-refractivity contribution in [1.29, 1.82) is 0 Å². The molecule has 3 rings (SSSR count). The van der Waals surface area contributed by atoms with Crippen LogP contribution in [0, 0.1) is 5.92 Å². The molecule has 0 saturated carbocycles. The van der Waals surface area contributed by atoms with E-state index < -0.39 is 0 Å². The predicted octanol–water partition coefficient (Wildman–Crippen LogP) is 2.72. The number of rotatable bonds is 4. The van der Waals surface area contributed by atoms with Crippen LogP contribution in [0.5, 0.6) is 11.5 Å². The van der Waals surface area contributed by atoms with Crippen LogP contribution in [0.1, 0.15) is 19.4 Å². The van der Waals surface area contributed by atoms with E-state index in [4.69, 9.17) is 9.47 Å². The molecule has 1 aromatic rings. The normalized spacial score (nSPS) is 22.6. The first-order valence-corrected chi connectivity index (χ1v) is 8.53. The van der Waals surface area contributed by atoms with E-state index in [1.807, 2.05) is 17.8 Å². The lowest BCUT2D eigenvalue weighted by Gasteiger charge is -2.18. The molecule has 1 N–H and O–H groups in total. The van der Waals surface area contributed by atoms with Gasteiger partial charge in [-0.05, 0) is 30.0 Å². The first kappa shape index (κ1) is 14.6. The standard InChI is InChI=1S/C16H22N2O2S/c1-11(2)13-10-21-16(18-13)17-6-5-12-3-4-14-15(9-12)20-8-7-19-14/h3-4,9,11,13H,5-8,10H2,1-2H3,(H,17,18). The predicted molar refractivity (Wildman–Crippen MR) is 87.7 cm³/mol. The third-order valence-corrected chi connectivity index (χ3v) is 4.82. The Kier molecular flexibility index (Phi) is 4.58. The number of ether oxygens (including phenoxy) is 2. The van der Waals surface area contributed by atoms with Gasteiger partial charge in [-0.1, -0.05) is 31.7 Å². The van der Waals surface area contributed by atoms with E-state index in [-0.39, 0.29) is 0 Å². The molecular formula is C16H22N2O2S. The molecule has 5 heteroatoms. The lowest BCUT2D eigenvalue weighted by molar-refractivity contribution is 0.171. The molecule has 114 valence electrons. The third-order valence-electron chi connectivity index (χ3n) is 3.78. The lowest BCUT2D eigenvalue weighted by atomic mass is 10.1. The molecule has 1 saturated heterocycles. The summed E-state index contributed by atoms with van der Waals surface area (Å²) in [4.78, 5) is 4.66. The Morgan fingerprint density at radius 1 is 1.29 bits per heavy atom. The Balaban J connectivity index is 1.54. The number of hydrogen-bond acceptors (Lipinski definition) is 4. The average molecular weight is 306 g/mol. The van der Waals surface area contributed by atoms with Crippen molar-refractivity contribution in [1.82, 2.24) is 5.32 Å². The highest BCUT2D eigenvalue weighted by Crippen LogP contribution is 2.30. The minimum atomic E-state index is 0.558. The van der Waals surface area contributed by atoms with Crippen molar-refractivity contribution in [3.8, 4) is 11.5 Å². The number of amidine groups is 1. The molecule has 0 radical (unpaired) electrons. The van der Waals surface area contributed by atoms with Crippen LogP contribution in [0.3, 0.4) is 0 Å². The average Bonchev–Trinajstić information content (AvgIpc) is 2.96. The lowest BCUT2D eigenvalue weighted by Crippen LogP contribution is -2.31. The van der Waals surface area contributed by atoms with E-state index in [9.17, 15) is 0 Å². The molecule has 0 spiro atoms. The van der Waals surface area contributed by atoms with Crippen LogP contribution in [0.2, 0.25) is 0 Å². The quantitative estimate of drug-likeness (QED) is 0.929. The molecule has 2 aliphatic rings. The fraction of sp³-hybridized carbons (Fsp3) is 0.562. The first-order valence-electron chi connectivity index (χ1n) is 7.54. The van der Waals surface area contributed by atoms with Gasteiger partial charge in [0.2, 0.25) is 0 Å². The van der Waals surface area contributed by atoms with Crippen molar-refractivity contribution >= 4 is 16.9 Å². The minimum absolute atomic E-state index is 0.558. The van der Waals surface area contributed by atoms with E-state index in [2.05, 4.69) is 36.3 Å². The summed E-state index contributed by atoms with van der Waals surface area (Å²) in [6.45, 7) is 6.57. The zero-order chi connectivity index (χ0) is 14.7. The minimum Gasteiger partial charge on any atom is -0.486 e. The van der Waals surface area contributed by atoms with Gasteiger partial charge in [-0.15, -0.1) is 0 Å². The summed E-state index contributed by atoms with van der Waals surface area (Å²) in [5, 5.41) is 4.58. The van der Waals surface area contributed by atoms with Gasteiger partial charge in [0.1, 0.15) is 13.2 Å². The molecule has 1 aromatic carbocycles. The molecule has 21 heavy (non-hydrogen) atoms. The molecule has 4 nitrogen and oxygen atoms in total.